The van der Waals surface area contributed by atoms with Crippen molar-refractivity contribution in [3.8, 4) is 5.75 Å². The Kier molecular flexibility index (Phi) is 14.5. The summed E-state index contributed by atoms with van der Waals surface area (Å²) in [4.78, 5) is 77.5. The van der Waals surface area contributed by atoms with Crippen LogP contribution >= 0.6 is 11.3 Å². The van der Waals surface area contributed by atoms with E-state index in [4.69, 9.17) is 5.11 Å². The highest BCUT2D eigenvalue weighted by Gasteiger charge is 2.28. The van der Waals surface area contributed by atoms with E-state index in [1.165, 1.54) is 11.3 Å². The minimum Gasteiger partial charge on any atom is -0.508 e. The lowest BCUT2D eigenvalue weighted by atomic mass is 10.0. The molecule has 0 aliphatic carbocycles. The molecule has 2 aliphatic heterocycles. The average molecular weight is 728 g/mol. The summed E-state index contributed by atoms with van der Waals surface area (Å²) in [6.07, 6.45) is -0.120. The van der Waals surface area contributed by atoms with Crippen LogP contribution in [-0.2, 0) is 48.0 Å². The molecule has 52 heavy (non-hydrogen) atoms. The van der Waals surface area contributed by atoms with Crippen LogP contribution in [0.15, 0.2) is 96.4 Å². The minimum absolute atomic E-state index is 0.0524. The van der Waals surface area contributed by atoms with E-state index in [-0.39, 0.29) is 32.1 Å². The maximum absolute atomic E-state index is 13.3. The first-order chi connectivity index (χ1) is 24.9. The number of carboxylic acids is 1. The van der Waals surface area contributed by atoms with Crippen molar-refractivity contribution >= 4 is 52.5 Å². The normalized spacial score (nSPS) is 18.9. The number of fused-ring (bicyclic) bond motifs is 18. The molecule has 6 rings (SSSR count). The number of rotatable bonds is 5. The number of carbonyl (C=O) groups excluding carboxylic acids is 5. The molecule has 3 atom stereocenters. The number of thiophene rings is 1. The van der Waals surface area contributed by atoms with Gasteiger partial charge in [-0.05, 0) is 59.3 Å². The highest BCUT2D eigenvalue weighted by Crippen LogP contribution is 2.14. The second-order valence-corrected chi connectivity index (χ2v) is 13.2. The van der Waals surface area contributed by atoms with E-state index in [9.17, 15) is 33.9 Å². The third-order valence-electron chi connectivity index (χ3n) is 7.87. The first-order valence-corrected chi connectivity index (χ1v) is 17.4. The summed E-state index contributed by atoms with van der Waals surface area (Å²) in [5.41, 5.74) is 2.85. The van der Waals surface area contributed by atoms with Crippen LogP contribution in [0.3, 0.4) is 0 Å². The van der Waals surface area contributed by atoms with Crippen molar-refractivity contribution in [3.63, 3.8) is 0 Å². The number of nitrogens with one attached hydrogen (secondary N) is 5. The molecule has 4 aromatic rings. The lowest BCUT2D eigenvalue weighted by molar-refractivity contribution is -0.142. The van der Waals surface area contributed by atoms with Gasteiger partial charge in [0, 0.05) is 42.7 Å². The third-order valence-corrected chi connectivity index (χ3v) is 8.77. The number of carboxylic acid groups (broad SMARTS) is 1. The largest absolute Gasteiger partial charge is 0.508 e. The first-order valence-electron chi connectivity index (χ1n) is 16.6. The van der Waals surface area contributed by atoms with Gasteiger partial charge < -0.3 is 36.8 Å². The van der Waals surface area contributed by atoms with Crippen LogP contribution in [0.4, 0.5) is 5.69 Å². The molecule has 0 unspecified atom stereocenters. The topological polar surface area (TPSA) is 203 Å². The summed E-state index contributed by atoms with van der Waals surface area (Å²) in [6, 6.07) is 22.6. The fourth-order valence-electron chi connectivity index (χ4n) is 5.21. The number of hydrogen-bond donors (Lipinski definition) is 7. The number of phenols is 1. The standard InChI is InChI=1S/C31H33N5O7S.C7H8O/c37-26-12-13-27(38)34-24(17-22-7-4-14-44-22)29(40)32-18-28(39)35-23(15-19-5-2-1-3-6-19)30(41)36-25(31(42)43)16-20-8-10-21(33-26)11-9-20;1-6-3-2-4-7(8)5-6/h1-11,14,23-25H,12-13,15-18H2,(H,32,40)(H,33,37)(H,34,38)(H,35,39)(H,36,41)(H,42,43);2-5,8H,1H3/t23-,24-,25+;/m1./s1. The Morgan fingerprint density at radius 3 is 2.08 bits per heavy atom. The van der Waals surface area contributed by atoms with Gasteiger partial charge in [-0.1, -0.05) is 60.7 Å². The van der Waals surface area contributed by atoms with Crippen LogP contribution in [0.5, 0.6) is 5.75 Å². The van der Waals surface area contributed by atoms with Crippen molar-refractivity contribution in [2.24, 2.45) is 0 Å². The molecule has 272 valence electrons. The van der Waals surface area contributed by atoms with Gasteiger partial charge in [-0.15, -0.1) is 11.3 Å². The molecule has 0 saturated carbocycles. The fraction of sp³-hybridized carbons (Fsp3) is 0.263. The highest BCUT2D eigenvalue weighted by molar-refractivity contribution is 7.09. The van der Waals surface area contributed by atoms with Crippen molar-refractivity contribution in [1.29, 1.82) is 0 Å². The predicted octanol–water partition coefficient (Wildman–Crippen LogP) is 2.86. The number of benzene rings is 3. The van der Waals surface area contributed by atoms with E-state index in [1.807, 2.05) is 36.6 Å². The van der Waals surface area contributed by atoms with E-state index < -0.39 is 60.2 Å². The second-order valence-electron chi connectivity index (χ2n) is 12.1. The zero-order valence-corrected chi connectivity index (χ0v) is 29.3. The Hall–Kier alpha value is -6.02. The quantitative estimate of drug-likeness (QED) is 0.152. The van der Waals surface area contributed by atoms with Crippen LogP contribution in [0.2, 0.25) is 0 Å². The molecular weight excluding hydrogens is 687 g/mol. The Morgan fingerprint density at radius 2 is 1.44 bits per heavy atom. The van der Waals surface area contributed by atoms with Gasteiger partial charge in [0.1, 0.15) is 23.9 Å². The molecule has 7 N–H and O–H groups in total. The fourth-order valence-corrected chi connectivity index (χ4v) is 5.96. The van der Waals surface area contributed by atoms with E-state index in [1.54, 1.807) is 66.7 Å². The van der Waals surface area contributed by atoms with Crippen molar-refractivity contribution in [3.05, 3.63) is 118 Å². The van der Waals surface area contributed by atoms with E-state index in [2.05, 4.69) is 26.6 Å². The average Bonchev–Trinajstić information content (AvgIpc) is 3.63. The number of phenolic OH excluding ortho intramolecular Hbond substituents is 1. The van der Waals surface area contributed by atoms with Gasteiger partial charge in [-0.25, -0.2) is 4.79 Å². The SMILES string of the molecule is Cc1cccc(O)c1.O=C1CCC(=O)N[C@H](Cc2cccs2)C(=O)NCC(=O)N[C@H](Cc2ccccc2)C(=O)N[C@H](C(=O)O)Cc2ccc(cc2)N1. The lowest BCUT2D eigenvalue weighted by Crippen LogP contribution is -2.55. The molecule has 2 bridgehead atoms. The summed E-state index contributed by atoms with van der Waals surface area (Å²) >= 11 is 1.40. The zero-order valence-electron chi connectivity index (χ0n) is 28.5. The molecule has 0 fully saturated rings. The minimum atomic E-state index is -1.30. The van der Waals surface area contributed by atoms with Gasteiger partial charge in [0.25, 0.3) is 0 Å². The molecule has 0 spiro atoms. The van der Waals surface area contributed by atoms with E-state index in [0.29, 0.717) is 17.0 Å². The molecule has 13 nitrogen and oxygen atoms in total. The molecule has 1 aromatic heterocycles. The Balaban J connectivity index is 0.000000666. The highest BCUT2D eigenvalue weighted by atomic mass is 32.1. The molecule has 3 aromatic carbocycles. The number of hydrogen-bond acceptors (Lipinski definition) is 8. The molecule has 5 amide bonds. The van der Waals surface area contributed by atoms with Crippen LogP contribution in [0, 0.1) is 6.92 Å². The Morgan fingerprint density at radius 1 is 0.750 bits per heavy atom. The van der Waals surface area contributed by atoms with Crippen molar-refractivity contribution < 1.29 is 39.0 Å². The third kappa shape index (κ3) is 13.0. The zero-order chi connectivity index (χ0) is 37.5. The number of aryl methyl sites for hydroxylation is 1. The van der Waals surface area contributed by atoms with Gasteiger partial charge in [0.2, 0.25) is 29.5 Å². The molecular formula is C38H41N5O8S. The van der Waals surface area contributed by atoms with Crippen LogP contribution < -0.4 is 26.6 Å². The van der Waals surface area contributed by atoms with Crippen LogP contribution in [-0.4, -0.2) is 70.4 Å². The number of aliphatic carboxylic acids is 1. The van der Waals surface area contributed by atoms with Gasteiger partial charge in [0.15, 0.2) is 0 Å². The van der Waals surface area contributed by atoms with Crippen molar-refractivity contribution in [2.45, 2.75) is 57.2 Å². The van der Waals surface area contributed by atoms with Gasteiger partial charge >= 0.3 is 5.97 Å². The number of anilines is 1. The smallest absolute Gasteiger partial charge is 0.326 e. The lowest BCUT2D eigenvalue weighted by Gasteiger charge is -2.22. The summed E-state index contributed by atoms with van der Waals surface area (Å²) < 4.78 is 0. The Bertz CT molecular complexity index is 1820. The van der Waals surface area contributed by atoms with Crippen molar-refractivity contribution in [1.82, 2.24) is 21.3 Å². The van der Waals surface area contributed by atoms with E-state index >= 15 is 0 Å². The summed E-state index contributed by atoms with van der Waals surface area (Å²) in [5.74, 6) is -3.87. The number of amides is 5. The first kappa shape index (κ1) is 38.8. The monoisotopic (exact) mass is 727 g/mol. The molecule has 0 radical (unpaired) electrons. The summed E-state index contributed by atoms with van der Waals surface area (Å²) in [5, 5.41) is 33.5. The maximum Gasteiger partial charge on any atom is 0.326 e. The predicted molar refractivity (Wildman–Crippen MR) is 195 cm³/mol. The molecule has 0 saturated heterocycles. The number of carbonyl (C=O) groups is 6. The second kappa shape index (κ2) is 19.4. The number of aromatic hydroxyl groups is 1. The Labute approximate surface area is 304 Å². The maximum atomic E-state index is 13.3. The summed E-state index contributed by atoms with van der Waals surface area (Å²) in [6.45, 7) is 1.45. The molecule has 2 aliphatic rings. The van der Waals surface area contributed by atoms with Gasteiger partial charge in [0.05, 0.1) is 6.54 Å². The van der Waals surface area contributed by atoms with Crippen molar-refractivity contribution in [2.75, 3.05) is 11.9 Å². The molecule has 3 heterocycles. The van der Waals surface area contributed by atoms with Gasteiger partial charge in [-0.2, -0.15) is 0 Å². The van der Waals surface area contributed by atoms with E-state index in [0.717, 1.165) is 16.0 Å². The molecule has 14 heteroatoms. The summed E-state index contributed by atoms with van der Waals surface area (Å²) in [7, 11) is 0. The van der Waals surface area contributed by atoms with Crippen LogP contribution in [0.1, 0.15) is 34.4 Å². The van der Waals surface area contributed by atoms with Gasteiger partial charge in [-0.3, -0.25) is 24.0 Å². The van der Waals surface area contributed by atoms with Crippen LogP contribution in [0.25, 0.3) is 0 Å².